The first kappa shape index (κ1) is 13.1. The molecule has 2 aliphatic rings. The Morgan fingerprint density at radius 2 is 2.05 bits per heavy atom. The van der Waals surface area contributed by atoms with Crippen LogP contribution in [0.2, 0.25) is 0 Å². The van der Waals surface area contributed by atoms with E-state index in [1.165, 1.54) is 4.90 Å². The average Bonchev–Trinajstić information content (AvgIpc) is 2.73. The van der Waals surface area contributed by atoms with Crippen molar-refractivity contribution < 1.29 is 18.0 Å². The molecule has 1 aromatic carbocycles. The lowest BCUT2D eigenvalue weighted by Gasteiger charge is -2.47. The minimum absolute atomic E-state index is 0.147. The highest BCUT2D eigenvalue weighted by Gasteiger charge is 2.50. The highest BCUT2D eigenvalue weighted by Crippen LogP contribution is 2.43. The zero-order valence-electron chi connectivity index (χ0n) is 10.6. The van der Waals surface area contributed by atoms with Gasteiger partial charge >= 0.3 is 12.2 Å². The molecule has 0 aliphatic carbocycles. The third-order valence-electron chi connectivity index (χ3n) is 3.83. The van der Waals surface area contributed by atoms with Crippen LogP contribution >= 0.6 is 0 Å². The molecular weight excluding hydrogens is 271 g/mol. The molecule has 7 heteroatoms. The van der Waals surface area contributed by atoms with Gasteiger partial charge in [0.15, 0.2) is 0 Å². The predicted octanol–water partition coefficient (Wildman–Crippen LogP) is 1.94. The molecule has 0 bridgehead atoms. The van der Waals surface area contributed by atoms with Crippen LogP contribution in [-0.4, -0.2) is 43.3 Å². The largest absolute Gasteiger partial charge is 0.405 e. The molecule has 108 valence electrons. The molecule has 1 fully saturated rings. The first-order valence-electron chi connectivity index (χ1n) is 6.33. The second-order valence-electron chi connectivity index (χ2n) is 5.31. The second-order valence-corrected chi connectivity index (χ2v) is 5.31. The molecule has 4 nitrogen and oxygen atoms in total. The summed E-state index contributed by atoms with van der Waals surface area (Å²) in [6, 6.07) is 7.17. The van der Waals surface area contributed by atoms with Gasteiger partial charge in [-0.15, -0.1) is 0 Å². The fourth-order valence-corrected chi connectivity index (χ4v) is 2.86. The number of carbonyl (C=O) groups is 1. The Balaban J connectivity index is 1.61. The number of rotatable bonds is 1. The molecule has 20 heavy (non-hydrogen) atoms. The number of alkyl halides is 3. The van der Waals surface area contributed by atoms with Crippen molar-refractivity contribution in [2.24, 2.45) is 0 Å². The van der Waals surface area contributed by atoms with Gasteiger partial charge in [0.05, 0.1) is 0 Å². The number of fused-ring (bicyclic) bond motifs is 2. The van der Waals surface area contributed by atoms with Crippen LogP contribution in [0.4, 0.5) is 23.7 Å². The van der Waals surface area contributed by atoms with E-state index in [0.29, 0.717) is 13.1 Å². The summed E-state index contributed by atoms with van der Waals surface area (Å²) in [4.78, 5) is 13.0. The van der Waals surface area contributed by atoms with Gasteiger partial charge in [0, 0.05) is 30.7 Å². The Bertz CT molecular complexity index is 538. The number of halogens is 3. The van der Waals surface area contributed by atoms with E-state index in [-0.39, 0.29) is 5.41 Å². The zero-order chi connectivity index (χ0) is 14.4. The molecule has 2 aliphatic heterocycles. The highest BCUT2D eigenvalue weighted by atomic mass is 19.4. The summed E-state index contributed by atoms with van der Waals surface area (Å²) in [5.41, 5.74) is 2.04. The number of urea groups is 1. The number of nitrogens with one attached hydrogen (secondary N) is 2. The van der Waals surface area contributed by atoms with Crippen molar-refractivity contribution in [2.45, 2.75) is 11.6 Å². The first-order valence-corrected chi connectivity index (χ1v) is 6.33. The van der Waals surface area contributed by atoms with E-state index < -0.39 is 18.8 Å². The fourth-order valence-electron chi connectivity index (χ4n) is 2.86. The summed E-state index contributed by atoms with van der Waals surface area (Å²) in [5, 5.41) is 5.17. The maximum absolute atomic E-state index is 12.0. The first-order chi connectivity index (χ1) is 9.40. The summed E-state index contributed by atoms with van der Waals surface area (Å²) in [5.74, 6) is 0. The maximum atomic E-state index is 12.0. The van der Waals surface area contributed by atoms with Crippen molar-refractivity contribution >= 4 is 11.7 Å². The quantitative estimate of drug-likeness (QED) is 0.828. The Kier molecular flexibility index (Phi) is 2.81. The van der Waals surface area contributed by atoms with Crippen LogP contribution in [0.5, 0.6) is 0 Å². The summed E-state index contributed by atoms with van der Waals surface area (Å²) in [6.45, 7) is 0.320. The van der Waals surface area contributed by atoms with Crippen LogP contribution in [0, 0.1) is 0 Å². The van der Waals surface area contributed by atoms with Gasteiger partial charge in [0.2, 0.25) is 0 Å². The number of amides is 2. The Morgan fingerprint density at radius 3 is 2.75 bits per heavy atom. The smallest absolute Gasteiger partial charge is 0.384 e. The molecule has 0 aromatic heterocycles. The fraction of sp³-hybridized carbons (Fsp3) is 0.462. The second kappa shape index (κ2) is 4.29. The van der Waals surface area contributed by atoms with E-state index in [2.05, 4.69) is 5.32 Å². The van der Waals surface area contributed by atoms with Gasteiger partial charge in [-0.3, -0.25) is 0 Å². The summed E-state index contributed by atoms with van der Waals surface area (Å²) in [7, 11) is 0. The Labute approximate surface area is 113 Å². The third kappa shape index (κ3) is 2.17. The molecule has 0 saturated carbocycles. The highest BCUT2D eigenvalue weighted by molar-refractivity contribution is 5.77. The van der Waals surface area contributed by atoms with Gasteiger partial charge in [-0.25, -0.2) is 4.79 Å². The molecule has 1 aromatic rings. The lowest BCUT2D eigenvalue weighted by Crippen LogP contribution is -2.64. The van der Waals surface area contributed by atoms with E-state index in [9.17, 15) is 18.0 Å². The van der Waals surface area contributed by atoms with Crippen LogP contribution in [0.1, 0.15) is 5.56 Å². The number of anilines is 1. The van der Waals surface area contributed by atoms with Gasteiger partial charge < -0.3 is 15.5 Å². The molecule has 2 N–H and O–H groups in total. The van der Waals surface area contributed by atoms with Crippen molar-refractivity contribution in [3.05, 3.63) is 29.8 Å². The molecule has 2 heterocycles. The minimum atomic E-state index is -4.38. The van der Waals surface area contributed by atoms with E-state index in [4.69, 9.17) is 0 Å². The number of hydrogen-bond acceptors (Lipinski definition) is 2. The molecule has 1 saturated heterocycles. The number of para-hydroxylation sites is 1. The monoisotopic (exact) mass is 285 g/mol. The predicted molar refractivity (Wildman–Crippen MR) is 67.6 cm³/mol. The van der Waals surface area contributed by atoms with Crippen molar-refractivity contribution in [1.82, 2.24) is 10.2 Å². The number of likely N-dealkylation sites (tertiary alicyclic amines) is 1. The van der Waals surface area contributed by atoms with Crippen LogP contribution in [0.15, 0.2) is 24.3 Å². The molecule has 2 amide bonds. The SMILES string of the molecule is O=C(NCC(F)(F)F)N1CC2(CNc3ccccc32)C1. The topological polar surface area (TPSA) is 44.4 Å². The molecular formula is C13H14F3N3O. The average molecular weight is 285 g/mol. The number of benzene rings is 1. The van der Waals surface area contributed by atoms with E-state index >= 15 is 0 Å². The van der Waals surface area contributed by atoms with Gasteiger partial charge in [-0.05, 0) is 11.6 Å². The summed E-state index contributed by atoms with van der Waals surface area (Å²) in [6.07, 6.45) is -4.38. The molecule has 3 rings (SSSR count). The van der Waals surface area contributed by atoms with Gasteiger partial charge in [0.1, 0.15) is 6.54 Å². The maximum Gasteiger partial charge on any atom is 0.405 e. The van der Waals surface area contributed by atoms with Crippen LogP contribution in [-0.2, 0) is 5.41 Å². The van der Waals surface area contributed by atoms with E-state index in [0.717, 1.165) is 17.8 Å². The van der Waals surface area contributed by atoms with Crippen LogP contribution in [0.3, 0.4) is 0 Å². The van der Waals surface area contributed by atoms with E-state index in [1.807, 2.05) is 29.6 Å². The number of carbonyl (C=O) groups excluding carboxylic acids is 1. The Morgan fingerprint density at radius 1 is 1.35 bits per heavy atom. The Hall–Kier alpha value is -1.92. The number of nitrogens with zero attached hydrogens (tertiary/aromatic N) is 1. The van der Waals surface area contributed by atoms with Crippen LogP contribution < -0.4 is 10.6 Å². The molecule has 1 spiro atoms. The van der Waals surface area contributed by atoms with Crippen molar-refractivity contribution in [1.29, 1.82) is 0 Å². The third-order valence-corrected chi connectivity index (χ3v) is 3.83. The van der Waals surface area contributed by atoms with Gasteiger partial charge in [-0.1, -0.05) is 18.2 Å². The lowest BCUT2D eigenvalue weighted by atomic mass is 9.75. The summed E-state index contributed by atoms with van der Waals surface area (Å²) < 4.78 is 36.1. The molecule has 0 radical (unpaired) electrons. The zero-order valence-corrected chi connectivity index (χ0v) is 10.6. The lowest BCUT2D eigenvalue weighted by molar-refractivity contribution is -0.123. The van der Waals surface area contributed by atoms with Gasteiger partial charge in [-0.2, -0.15) is 13.2 Å². The molecule has 0 unspecified atom stereocenters. The van der Waals surface area contributed by atoms with Gasteiger partial charge in [0.25, 0.3) is 0 Å². The van der Waals surface area contributed by atoms with E-state index in [1.54, 1.807) is 0 Å². The van der Waals surface area contributed by atoms with Crippen molar-refractivity contribution in [3.8, 4) is 0 Å². The molecule has 0 atom stereocenters. The van der Waals surface area contributed by atoms with Crippen molar-refractivity contribution in [3.63, 3.8) is 0 Å². The summed E-state index contributed by atoms with van der Waals surface area (Å²) >= 11 is 0. The normalized spacial score (nSPS) is 19.2. The van der Waals surface area contributed by atoms with Crippen LogP contribution in [0.25, 0.3) is 0 Å². The van der Waals surface area contributed by atoms with Crippen molar-refractivity contribution in [2.75, 3.05) is 31.5 Å². The minimum Gasteiger partial charge on any atom is -0.384 e. The standard InChI is InChI=1S/C13H14F3N3O/c14-13(15,16)6-18-11(20)19-7-12(8-19)5-17-10-4-2-1-3-9(10)12/h1-4,17H,5-8H2,(H,18,20). The number of hydrogen-bond donors (Lipinski definition) is 2.